The number of benzene rings is 1. The van der Waals surface area contributed by atoms with Gasteiger partial charge >= 0.3 is 5.69 Å². The van der Waals surface area contributed by atoms with Gasteiger partial charge in [0.2, 0.25) is 5.52 Å². The van der Waals surface area contributed by atoms with Crippen molar-refractivity contribution >= 4 is 28.4 Å². The monoisotopic (exact) mass is 251 g/mol. The lowest BCUT2D eigenvalue weighted by atomic mass is 10.2. The van der Waals surface area contributed by atoms with E-state index >= 15 is 0 Å². The zero-order chi connectivity index (χ0) is 13.3. The van der Waals surface area contributed by atoms with Gasteiger partial charge in [-0.1, -0.05) is 0 Å². The second-order valence-corrected chi connectivity index (χ2v) is 3.54. The van der Waals surface area contributed by atoms with Crippen molar-refractivity contribution in [3.8, 4) is 0 Å². The van der Waals surface area contributed by atoms with Crippen LogP contribution in [0.15, 0.2) is 16.8 Å². The maximum atomic E-state index is 11.0. The van der Waals surface area contributed by atoms with E-state index in [0.29, 0.717) is 0 Å². The van der Waals surface area contributed by atoms with Gasteiger partial charge < -0.3 is 15.2 Å². The molecule has 0 saturated carbocycles. The summed E-state index contributed by atoms with van der Waals surface area (Å²) in [6.07, 6.45) is 0. The van der Waals surface area contributed by atoms with Crippen LogP contribution in [0.5, 0.6) is 0 Å². The van der Waals surface area contributed by atoms with Crippen LogP contribution < -0.4 is 10.4 Å². The number of carboxylic acids is 1. The van der Waals surface area contributed by atoms with E-state index in [4.69, 9.17) is 0 Å². The highest BCUT2D eigenvalue weighted by Gasteiger charge is 2.23. The summed E-state index contributed by atoms with van der Waals surface area (Å²) in [4.78, 5) is 20.9. The summed E-state index contributed by atoms with van der Waals surface area (Å²) in [5.41, 5.74) is -0.203. The molecule has 9 nitrogen and oxygen atoms in total. The van der Waals surface area contributed by atoms with Crippen LogP contribution in [0.2, 0.25) is 0 Å². The Bertz CT molecular complexity index is 622. The van der Waals surface area contributed by atoms with Gasteiger partial charge in [0.15, 0.2) is 0 Å². The number of nitro groups is 1. The summed E-state index contributed by atoms with van der Waals surface area (Å²) in [6, 6.07) is 1.69. The van der Waals surface area contributed by atoms with Crippen molar-refractivity contribution < 1.29 is 19.5 Å². The Labute approximate surface area is 99.5 Å². The van der Waals surface area contributed by atoms with E-state index in [2.05, 4.69) is 20.3 Å². The molecule has 1 N–H and O–H groups in total. The number of fused-ring (bicyclic) bond motifs is 1. The number of aromatic nitrogens is 2. The van der Waals surface area contributed by atoms with E-state index in [9.17, 15) is 20.0 Å². The van der Waals surface area contributed by atoms with Crippen LogP contribution in [0.1, 0.15) is 6.92 Å². The maximum absolute atomic E-state index is 11.0. The highest BCUT2D eigenvalue weighted by atomic mass is 16.6. The molecule has 0 unspecified atom stereocenters. The smallest absolute Gasteiger partial charge is 0.323 e. The first-order chi connectivity index (χ1) is 8.50. The molecule has 94 valence electrons. The number of nitrogens with zero attached hydrogens (tertiary/aromatic N) is 3. The zero-order valence-corrected chi connectivity index (χ0v) is 9.11. The number of aliphatic carboxylic acids is 1. The number of carboxylic acid groups (broad SMARTS) is 1. The number of rotatable bonds is 4. The molecule has 0 saturated heterocycles. The fourth-order valence-corrected chi connectivity index (χ4v) is 1.43. The van der Waals surface area contributed by atoms with Crippen molar-refractivity contribution in [3.63, 3.8) is 0 Å². The van der Waals surface area contributed by atoms with Gasteiger partial charge in [-0.05, 0) is 29.4 Å². The second kappa shape index (κ2) is 4.28. The molecule has 0 aliphatic carbocycles. The standard InChI is InChI=1S/C9H8N4O5/c1-4(9(14)15)10-6-3-2-5-7(12-18-11-5)8(6)13(16)17/h2-4,10H,1H3,(H,14,15)/p-1/t4-/m0/s1. The first kappa shape index (κ1) is 11.8. The Morgan fingerprint density at radius 2 is 2.22 bits per heavy atom. The van der Waals surface area contributed by atoms with Crippen molar-refractivity contribution in [1.29, 1.82) is 0 Å². The Morgan fingerprint density at radius 1 is 1.50 bits per heavy atom. The topological polar surface area (TPSA) is 134 Å². The Kier molecular flexibility index (Phi) is 2.80. The Hall–Kier alpha value is -2.71. The number of hydrogen-bond acceptors (Lipinski definition) is 8. The van der Waals surface area contributed by atoms with Crippen LogP contribution in [0.3, 0.4) is 0 Å². The SMILES string of the molecule is C[C@H](Nc1ccc2nonc2c1[N+](=O)[O-])C(=O)[O-]. The molecule has 0 aliphatic rings. The number of nitro benzene ring substituents is 1. The third-order valence-corrected chi connectivity index (χ3v) is 2.31. The van der Waals surface area contributed by atoms with Gasteiger partial charge in [-0.3, -0.25) is 10.1 Å². The predicted octanol–water partition coefficient (Wildman–Crippen LogP) is -0.319. The third-order valence-electron chi connectivity index (χ3n) is 2.31. The van der Waals surface area contributed by atoms with E-state index in [1.165, 1.54) is 19.1 Å². The van der Waals surface area contributed by atoms with Crippen LogP contribution in [-0.2, 0) is 4.79 Å². The minimum Gasteiger partial charge on any atom is -0.548 e. The van der Waals surface area contributed by atoms with Crippen molar-refractivity contribution in [3.05, 3.63) is 22.2 Å². The van der Waals surface area contributed by atoms with Gasteiger partial charge in [-0.2, -0.15) is 0 Å². The summed E-state index contributed by atoms with van der Waals surface area (Å²) < 4.78 is 4.40. The molecule has 18 heavy (non-hydrogen) atoms. The minimum atomic E-state index is -1.37. The highest BCUT2D eigenvalue weighted by Crippen LogP contribution is 2.31. The van der Waals surface area contributed by atoms with Gasteiger partial charge in [0, 0.05) is 0 Å². The quantitative estimate of drug-likeness (QED) is 0.577. The van der Waals surface area contributed by atoms with Gasteiger partial charge in [-0.15, -0.1) is 0 Å². The molecule has 2 aromatic rings. The van der Waals surface area contributed by atoms with Crippen LogP contribution in [-0.4, -0.2) is 27.2 Å². The fourth-order valence-electron chi connectivity index (χ4n) is 1.43. The summed E-state index contributed by atoms with van der Waals surface area (Å²) in [6.45, 7) is 1.31. The summed E-state index contributed by atoms with van der Waals surface area (Å²) in [5.74, 6) is -1.37. The van der Waals surface area contributed by atoms with Crippen molar-refractivity contribution in [2.24, 2.45) is 0 Å². The van der Waals surface area contributed by atoms with E-state index in [-0.39, 0.29) is 22.4 Å². The number of nitrogens with one attached hydrogen (secondary N) is 1. The first-order valence-corrected chi connectivity index (χ1v) is 4.87. The molecule has 0 fully saturated rings. The molecular formula is C9H7N4O5-. The molecule has 0 aliphatic heterocycles. The van der Waals surface area contributed by atoms with Crippen LogP contribution in [0.4, 0.5) is 11.4 Å². The highest BCUT2D eigenvalue weighted by molar-refractivity contribution is 5.91. The molecule has 0 spiro atoms. The maximum Gasteiger partial charge on any atom is 0.323 e. The number of anilines is 1. The van der Waals surface area contributed by atoms with Crippen LogP contribution >= 0.6 is 0 Å². The normalized spacial score (nSPS) is 12.3. The average molecular weight is 251 g/mol. The van der Waals surface area contributed by atoms with Crippen molar-refractivity contribution in [1.82, 2.24) is 10.3 Å². The number of carbonyl (C=O) groups excluding carboxylic acids is 1. The number of hydrogen-bond donors (Lipinski definition) is 1. The molecule has 1 atom stereocenters. The number of carbonyl (C=O) groups is 1. The van der Waals surface area contributed by atoms with Crippen LogP contribution in [0.25, 0.3) is 11.0 Å². The molecule has 0 radical (unpaired) electrons. The van der Waals surface area contributed by atoms with E-state index in [1.54, 1.807) is 0 Å². The van der Waals surface area contributed by atoms with Gasteiger partial charge in [0.25, 0.3) is 0 Å². The Balaban J connectivity index is 2.52. The molecular weight excluding hydrogens is 244 g/mol. The van der Waals surface area contributed by atoms with Crippen molar-refractivity contribution in [2.45, 2.75) is 13.0 Å². The molecule has 1 aromatic heterocycles. The fraction of sp³-hybridized carbons (Fsp3) is 0.222. The predicted molar refractivity (Wildman–Crippen MR) is 56.6 cm³/mol. The summed E-state index contributed by atoms with van der Waals surface area (Å²) in [7, 11) is 0. The summed E-state index contributed by atoms with van der Waals surface area (Å²) in [5, 5.41) is 30.9. The van der Waals surface area contributed by atoms with Gasteiger partial charge in [-0.25, -0.2) is 4.63 Å². The summed E-state index contributed by atoms with van der Waals surface area (Å²) >= 11 is 0. The van der Waals surface area contributed by atoms with Gasteiger partial charge in [0.05, 0.1) is 16.9 Å². The van der Waals surface area contributed by atoms with E-state index < -0.39 is 16.9 Å². The molecule has 0 bridgehead atoms. The third kappa shape index (κ3) is 1.93. The van der Waals surface area contributed by atoms with Crippen LogP contribution in [0, 0.1) is 10.1 Å². The van der Waals surface area contributed by atoms with E-state index in [1.807, 2.05) is 0 Å². The average Bonchev–Trinajstić information content (AvgIpc) is 2.75. The molecule has 0 amide bonds. The molecule has 2 rings (SSSR count). The molecule has 1 aromatic carbocycles. The lowest BCUT2D eigenvalue weighted by molar-refractivity contribution is -0.382. The lowest BCUT2D eigenvalue weighted by Crippen LogP contribution is -2.38. The minimum absolute atomic E-state index is 0.0138. The molecule has 9 heteroatoms. The Morgan fingerprint density at radius 3 is 2.83 bits per heavy atom. The largest absolute Gasteiger partial charge is 0.548 e. The van der Waals surface area contributed by atoms with Gasteiger partial charge in [0.1, 0.15) is 11.2 Å². The molecule has 1 heterocycles. The zero-order valence-electron chi connectivity index (χ0n) is 9.11. The lowest BCUT2D eigenvalue weighted by Gasteiger charge is -2.15. The van der Waals surface area contributed by atoms with E-state index in [0.717, 1.165) is 0 Å². The van der Waals surface area contributed by atoms with Crippen molar-refractivity contribution in [2.75, 3.05) is 5.32 Å². The first-order valence-electron chi connectivity index (χ1n) is 4.87. The second-order valence-electron chi connectivity index (χ2n) is 3.54.